The number of carbonyl (C=O) groups is 3. The summed E-state index contributed by atoms with van der Waals surface area (Å²) < 4.78 is 23.8. The Hall–Kier alpha value is -3.64. The van der Waals surface area contributed by atoms with Gasteiger partial charge in [0.15, 0.2) is 9.84 Å². The molecule has 2 amide bonds. The number of anilines is 1. The van der Waals surface area contributed by atoms with Gasteiger partial charge in [-0.25, -0.2) is 18.6 Å². The van der Waals surface area contributed by atoms with E-state index < -0.39 is 27.8 Å². The van der Waals surface area contributed by atoms with Crippen LogP contribution in [0.3, 0.4) is 0 Å². The lowest BCUT2D eigenvalue weighted by molar-refractivity contribution is -0.139. The number of fused-ring (bicyclic) bond motifs is 2. The Morgan fingerprint density at radius 2 is 1.88 bits per heavy atom. The summed E-state index contributed by atoms with van der Waals surface area (Å²) in [5, 5.41) is 12.4. The maximum atomic E-state index is 13.2. The Balaban J connectivity index is 1.34. The topological polar surface area (TPSA) is 145 Å². The standard InChI is InChI=1S/C28H26Cl2N4O6S/c1-41(39,40)19-4-2-3-15(9-19)10-23(28(37)38)32-26(35)24-21(29)11-18-14-34(8-7-20(18)25(24)30)27(36)16-5-6-17-13-31-33-22(17)12-16/h2-6,9,11-12,23,31,33H,7-8,10,13-14H2,1H3,(H,32,35)(H,37,38)/t23-/m0/s1. The number of hydrogen-bond donors (Lipinski definition) is 4. The molecule has 4 N–H and O–H groups in total. The zero-order chi connectivity index (χ0) is 29.5. The Bertz CT molecular complexity index is 1700. The van der Waals surface area contributed by atoms with Gasteiger partial charge in [0.1, 0.15) is 6.04 Å². The van der Waals surface area contributed by atoms with Gasteiger partial charge >= 0.3 is 5.97 Å². The number of carbonyl (C=O) groups excluding carboxylic acids is 2. The second-order valence-corrected chi connectivity index (χ2v) is 12.8. The molecule has 5 rings (SSSR count). The maximum absolute atomic E-state index is 13.2. The van der Waals surface area contributed by atoms with E-state index >= 15 is 0 Å². The molecule has 2 aliphatic heterocycles. The zero-order valence-electron chi connectivity index (χ0n) is 21.8. The van der Waals surface area contributed by atoms with Gasteiger partial charge in [0.2, 0.25) is 0 Å². The Kier molecular flexibility index (Phi) is 7.97. The molecular formula is C28H26Cl2N4O6S. The first-order valence-electron chi connectivity index (χ1n) is 12.7. The van der Waals surface area contributed by atoms with Crippen LogP contribution in [-0.2, 0) is 40.6 Å². The first-order valence-corrected chi connectivity index (χ1v) is 15.3. The molecule has 0 saturated heterocycles. The van der Waals surface area contributed by atoms with Crippen molar-refractivity contribution in [3.05, 3.63) is 92.0 Å². The van der Waals surface area contributed by atoms with E-state index in [0.717, 1.165) is 17.5 Å². The maximum Gasteiger partial charge on any atom is 0.326 e. The van der Waals surface area contributed by atoms with Crippen molar-refractivity contribution in [1.29, 1.82) is 0 Å². The molecule has 3 aromatic carbocycles. The molecule has 0 aromatic heterocycles. The molecule has 0 saturated carbocycles. The minimum atomic E-state index is -3.49. The van der Waals surface area contributed by atoms with Crippen LogP contribution < -0.4 is 16.2 Å². The molecule has 10 nitrogen and oxygen atoms in total. The SMILES string of the molecule is CS(=O)(=O)c1cccc(C[C@H](NC(=O)c2c(Cl)cc3c(c2Cl)CCN(C(=O)c2ccc4c(c2)NNC4)C3)C(=O)O)c1. The Labute approximate surface area is 246 Å². The summed E-state index contributed by atoms with van der Waals surface area (Å²) in [7, 11) is -3.49. The number of sulfone groups is 1. The average Bonchev–Trinajstić information content (AvgIpc) is 3.39. The molecule has 0 radical (unpaired) electrons. The lowest BCUT2D eigenvalue weighted by Gasteiger charge is -2.30. The van der Waals surface area contributed by atoms with Gasteiger partial charge in [0.05, 0.1) is 26.2 Å². The minimum Gasteiger partial charge on any atom is -0.480 e. The van der Waals surface area contributed by atoms with Gasteiger partial charge in [0, 0.05) is 37.9 Å². The van der Waals surface area contributed by atoms with Crippen LogP contribution in [0.5, 0.6) is 0 Å². The van der Waals surface area contributed by atoms with E-state index in [-0.39, 0.29) is 39.4 Å². The van der Waals surface area contributed by atoms with Crippen LogP contribution in [0.25, 0.3) is 0 Å². The summed E-state index contributed by atoms with van der Waals surface area (Å²) in [5.74, 6) is -2.22. The van der Waals surface area contributed by atoms with E-state index in [0.29, 0.717) is 41.8 Å². The lowest BCUT2D eigenvalue weighted by atomic mass is 9.95. The first-order chi connectivity index (χ1) is 19.4. The van der Waals surface area contributed by atoms with E-state index in [2.05, 4.69) is 16.2 Å². The highest BCUT2D eigenvalue weighted by molar-refractivity contribution is 7.90. The highest BCUT2D eigenvalue weighted by atomic mass is 35.5. The van der Waals surface area contributed by atoms with Crippen LogP contribution in [0.15, 0.2) is 53.4 Å². The molecule has 0 unspecified atom stereocenters. The van der Waals surface area contributed by atoms with Gasteiger partial charge in [0.25, 0.3) is 11.8 Å². The quantitative estimate of drug-likeness (QED) is 0.316. The summed E-state index contributed by atoms with van der Waals surface area (Å²) in [6.45, 7) is 1.29. The molecule has 0 bridgehead atoms. The van der Waals surface area contributed by atoms with Crippen molar-refractivity contribution in [2.24, 2.45) is 0 Å². The number of hydrazine groups is 1. The van der Waals surface area contributed by atoms with E-state index in [1.165, 1.54) is 18.2 Å². The summed E-state index contributed by atoms with van der Waals surface area (Å²) in [6.07, 6.45) is 1.28. The fourth-order valence-corrected chi connectivity index (χ4v) is 6.45. The highest BCUT2D eigenvalue weighted by Crippen LogP contribution is 2.35. The van der Waals surface area contributed by atoms with E-state index in [1.807, 2.05) is 6.07 Å². The summed E-state index contributed by atoms with van der Waals surface area (Å²) in [5.41, 5.74) is 10.3. The number of halogens is 2. The van der Waals surface area contributed by atoms with Crippen LogP contribution in [0, 0.1) is 0 Å². The largest absolute Gasteiger partial charge is 0.480 e. The minimum absolute atomic E-state index is 0.0246. The number of aliphatic carboxylic acids is 1. The smallest absolute Gasteiger partial charge is 0.326 e. The number of amides is 2. The van der Waals surface area contributed by atoms with Crippen molar-refractivity contribution >= 4 is 56.5 Å². The van der Waals surface area contributed by atoms with Crippen molar-refractivity contribution in [1.82, 2.24) is 15.6 Å². The third kappa shape index (κ3) is 6.03. The van der Waals surface area contributed by atoms with Crippen LogP contribution in [-0.4, -0.2) is 55.1 Å². The molecule has 41 heavy (non-hydrogen) atoms. The van der Waals surface area contributed by atoms with Gasteiger partial charge in [-0.3, -0.25) is 9.59 Å². The molecule has 214 valence electrons. The van der Waals surface area contributed by atoms with Crippen LogP contribution in [0.4, 0.5) is 5.69 Å². The normalized spacial score (nSPS) is 15.0. The number of carboxylic acids is 1. The first kappa shape index (κ1) is 28.9. The van der Waals surface area contributed by atoms with E-state index in [9.17, 15) is 27.9 Å². The van der Waals surface area contributed by atoms with Crippen molar-refractivity contribution in [3.8, 4) is 0 Å². The highest BCUT2D eigenvalue weighted by Gasteiger charge is 2.30. The second-order valence-electron chi connectivity index (χ2n) is 10.0. The summed E-state index contributed by atoms with van der Waals surface area (Å²) >= 11 is 13.1. The number of benzene rings is 3. The number of nitrogens with zero attached hydrogens (tertiary/aromatic N) is 1. The zero-order valence-corrected chi connectivity index (χ0v) is 24.2. The van der Waals surface area contributed by atoms with Gasteiger partial charge in [-0.2, -0.15) is 0 Å². The van der Waals surface area contributed by atoms with Crippen molar-refractivity contribution in [3.63, 3.8) is 0 Å². The number of nitrogens with one attached hydrogen (secondary N) is 3. The fourth-order valence-electron chi connectivity index (χ4n) is 5.00. The third-order valence-electron chi connectivity index (χ3n) is 7.15. The summed E-state index contributed by atoms with van der Waals surface area (Å²) in [4.78, 5) is 40.2. The second kappa shape index (κ2) is 11.3. The summed E-state index contributed by atoms with van der Waals surface area (Å²) in [6, 6.07) is 11.6. The van der Waals surface area contributed by atoms with Crippen molar-refractivity contribution < 1.29 is 27.9 Å². The molecule has 2 heterocycles. The van der Waals surface area contributed by atoms with Crippen LogP contribution in [0.2, 0.25) is 10.0 Å². The molecule has 0 fully saturated rings. The number of hydrogen-bond acceptors (Lipinski definition) is 7. The molecular weight excluding hydrogens is 591 g/mol. The number of rotatable bonds is 7. The predicted molar refractivity (Wildman–Crippen MR) is 154 cm³/mol. The molecule has 1 atom stereocenters. The molecule has 13 heteroatoms. The molecule has 3 aromatic rings. The van der Waals surface area contributed by atoms with Gasteiger partial charge in [-0.05, 0) is 59.0 Å². The third-order valence-corrected chi connectivity index (χ3v) is 8.97. The predicted octanol–water partition coefficient (Wildman–Crippen LogP) is 3.45. The molecule has 0 aliphatic carbocycles. The van der Waals surface area contributed by atoms with Gasteiger partial charge < -0.3 is 20.7 Å². The lowest BCUT2D eigenvalue weighted by Crippen LogP contribution is -2.42. The van der Waals surface area contributed by atoms with Gasteiger partial charge in [-0.15, -0.1) is 0 Å². The average molecular weight is 618 g/mol. The van der Waals surface area contributed by atoms with E-state index in [1.54, 1.807) is 29.2 Å². The van der Waals surface area contributed by atoms with Crippen molar-refractivity contribution in [2.45, 2.75) is 36.9 Å². The van der Waals surface area contributed by atoms with Crippen molar-refractivity contribution in [2.75, 3.05) is 18.2 Å². The fraction of sp³-hybridized carbons (Fsp3) is 0.250. The Morgan fingerprint density at radius 1 is 1.10 bits per heavy atom. The van der Waals surface area contributed by atoms with E-state index in [4.69, 9.17) is 23.2 Å². The monoisotopic (exact) mass is 616 g/mol. The Morgan fingerprint density at radius 3 is 2.61 bits per heavy atom. The van der Waals surface area contributed by atoms with Crippen LogP contribution >= 0.6 is 23.2 Å². The molecule has 2 aliphatic rings. The van der Waals surface area contributed by atoms with Gasteiger partial charge in [-0.1, -0.05) is 41.4 Å². The number of carboxylic acid groups (broad SMARTS) is 1. The van der Waals surface area contributed by atoms with Crippen LogP contribution in [0.1, 0.15) is 43.0 Å². The molecule has 0 spiro atoms.